The first-order valence-corrected chi connectivity index (χ1v) is 18.6. The van der Waals surface area contributed by atoms with Crippen molar-refractivity contribution in [3.63, 3.8) is 0 Å². The molecule has 1 saturated heterocycles. The summed E-state index contributed by atoms with van der Waals surface area (Å²) in [6, 6.07) is 24.1. The molecule has 1 aliphatic rings. The lowest BCUT2D eigenvalue weighted by Gasteiger charge is -2.36. The van der Waals surface area contributed by atoms with Crippen LogP contribution in [0.1, 0.15) is 15.9 Å². The fourth-order valence-corrected chi connectivity index (χ4v) is 7.45. The van der Waals surface area contributed by atoms with Crippen LogP contribution in [0.4, 0.5) is 14.0 Å². The van der Waals surface area contributed by atoms with Gasteiger partial charge in [0.25, 0.3) is 31.7 Å². The van der Waals surface area contributed by atoms with Gasteiger partial charge in [-0.1, -0.05) is 72.8 Å². The van der Waals surface area contributed by atoms with Gasteiger partial charge in [-0.3, -0.25) is 14.2 Å². The number of benzene rings is 4. The summed E-state index contributed by atoms with van der Waals surface area (Å²) in [5.74, 6) is -2.93. The second-order valence-corrected chi connectivity index (χ2v) is 14.8. The van der Waals surface area contributed by atoms with Gasteiger partial charge in [0.15, 0.2) is 0 Å². The molecule has 0 radical (unpaired) electrons. The Kier molecular flexibility index (Phi) is 9.98. The van der Waals surface area contributed by atoms with Crippen LogP contribution in [0.5, 0.6) is 0 Å². The zero-order valence-electron chi connectivity index (χ0n) is 27.0. The van der Waals surface area contributed by atoms with E-state index in [1.54, 1.807) is 47.4 Å². The maximum absolute atomic E-state index is 15.2. The average Bonchev–Trinajstić information content (AvgIpc) is 3.55. The van der Waals surface area contributed by atoms with E-state index in [0.717, 1.165) is 16.8 Å². The molecule has 0 bridgehead atoms. The van der Waals surface area contributed by atoms with Crippen molar-refractivity contribution in [2.45, 2.75) is 9.79 Å². The number of halogens is 1. The van der Waals surface area contributed by atoms with E-state index in [1.165, 1.54) is 65.6 Å². The summed E-state index contributed by atoms with van der Waals surface area (Å²) in [7, 11) is -8.55. The van der Waals surface area contributed by atoms with Crippen molar-refractivity contribution in [2.75, 3.05) is 26.2 Å². The molecule has 6 rings (SSSR count). The summed E-state index contributed by atoms with van der Waals surface area (Å²) < 4.78 is 70.8. The lowest BCUT2D eigenvalue weighted by molar-refractivity contribution is -0.127. The number of carbonyl (C=O) groups excluding carboxylic acids is 4. The summed E-state index contributed by atoms with van der Waals surface area (Å²) in [5, 5.41) is -0.346. The molecule has 0 atom stereocenters. The van der Waals surface area contributed by atoms with Crippen LogP contribution < -0.4 is 9.44 Å². The Balaban J connectivity index is 1.20. The van der Waals surface area contributed by atoms with Crippen LogP contribution in [-0.2, 0) is 24.8 Å². The van der Waals surface area contributed by atoms with Crippen molar-refractivity contribution in [3.8, 4) is 0 Å². The number of urea groups is 1. The molecule has 0 spiro atoms. The molecule has 1 aromatic heterocycles. The van der Waals surface area contributed by atoms with Gasteiger partial charge in [0.1, 0.15) is 11.7 Å². The quantitative estimate of drug-likeness (QED) is 0.109. The average molecular weight is 745 g/mol. The molecule has 17 heteroatoms. The Morgan fingerprint density at radius 1 is 0.635 bits per heavy atom. The highest BCUT2D eigenvalue weighted by Gasteiger charge is 2.32. The summed E-state index contributed by atoms with van der Waals surface area (Å²) in [6.45, 7) is 0.0528. The van der Waals surface area contributed by atoms with E-state index in [4.69, 9.17) is 0 Å². The molecule has 0 aliphatic carbocycles. The molecule has 1 fully saturated rings. The zero-order valence-corrected chi connectivity index (χ0v) is 28.7. The van der Waals surface area contributed by atoms with Gasteiger partial charge in [-0.2, -0.15) is 4.99 Å². The monoisotopic (exact) mass is 744 g/mol. The van der Waals surface area contributed by atoms with Gasteiger partial charge in [-0.05, 0) is 36.4 Å². The molecular formula is C35H29FN6O8S2. The third kappa shape index (κ3) is 7.45. The standard InChI is InChI=1S/C35H29FN6O8S2/c36-28-17-10-18-29-30(28)27(23-42(29)35(46)39-52(49,50)26-15-8-3-9-16-26)31(43)33(44)41-21-19-40(20-22-41)32(24-11-4-1-5-12-24)37-34(45)38-51(47,48)25-13-6-2-7-14-25/h1-18,23H,19-22H2,(H,38,45)(H,39,46)/b37-32+. The highest BCUT2D eigenvalue weighted by atomic mass is 32.2. The van der Waals surface area contributed by atoms with E-state index in [0.29, 0.717) is 5.56 Å². The number of hydrogen-bond donors (Lipinski definition) is 2. The molecule has 1 aliphatic heterocycles. The lowest BCUT2D eigenvalue weighted by atomic mass is 10.1. The number of amidine groups is 1. The highest BCUT2D eigenvalue weighted by Crippen LogP contribution is 2.26. The number of nitrogens with zero attached hydrogens (tertiary/aromatic N) is 4. The first-order valence-electron chi connectivity index (χ1n) is 15.6. The maximum atomic E-state index is 15.2. The summed E-state index contributed by atoms with van der Waals surface area (Å²) in [4.78, 5) is 59.8. The first-order chi connectivity index (χ1) is 24.9. The highest BCUT2D eigenvalue weighted by molar-refractivity contribution is 7.90. The predicted molar refractivity (Wildman–Crippen MR) is 187 cm³/mol. The van der Waals surface area contributed by atoms with Crippen molar-refractivity contribution in [2.24, 2.45) is 4.99 Å². The summed E-state index contributed by atoms with van der Waals surface area (Å²) in [5.41, 5.74) is -0.102. The fourth-order valence-electron chi connectivity index (χ4n) is 5.58. The van der Waals surface area contributed by atoms with Gasteiger partial charge >= 0.3 is 12.1 Å². The van der Waals surface area contributed by atoms with Crippen molar-refractivity contribution >= 4 is 60.5 Å². The molecule has 2 heterocycles. The molecule has 5 aromatic rings. The molecule has 52 heavy (non-hydrogen) atoms. The lowest BCUT2D eigenvalue weighted by Crippen LogP contribution is -2.52. The molecule has 4 amide bonds. The minimum Gasteiger partial charge on any atom is -0.352 e. The Bertz CT molecular complexity index is 2430. The molecule has 0 saturated carbocycles. The molecule has 14 nitrogen and oxygen atoms in total. The topological polar surface area (TPSA) is 184 Å². The Labute approximate surface area is 297 Å². The van der Waals surface area contributed by atoms with Crippen LogP contribution in [0.25, 0.3) is 10.9 Å². The smallest absolute Gasteiger partial charge is 0.352 e. The number of amides is 4. The number of piperazine rings is 1. The number of ketones is 1. The fraction of sp³-hybridized carbons (Fsp3) is 0.114. The number of hydrogen-bond acceptors (Lipinski definition) is 8. The van der Waals surface area contributed by atoms with Gasteiger partial charge in [-0.15, -0.1) is 0 Å². The van der Waals surface area contributed by atoms with E-state index in [9.17, 15) is 36.0 Å². The van der Waals surface area contributed by atoms with Gasteiger partial charge in [0.2, 0.25) is 0 Å². The second-order valence-electron chi connectivity index (χ2n) is 11.4. The predicted octanol–water partition coefficient (Wildman–Crippen LogP) is 3.60. The normalized spacial score (nSPS) is 13.8. The van der Waals surface area contributed by atoms with Crippen LogP contribution in [0.2, 0.25) is 0 Å². The molecule has 0 unspecified atom stereocenters. The van der Waals surface area contributed by atoms with Gasteiger partial charge < -0.3 is 9.80 Å². The van der Waals surface area contributed by atoms with E-state index in [-0.39, 0.29) is 52.7 Å². The van der Waals surface area contributed by atoms with Gasteiger partial charge in [0.05, 0.1) is 20.9 Å². The van der Waals surface area contributed by atoms with Crippen LogP contribution in [0.15, 0.2) is 130 Å². The van der Waals surface area contributed by atoms with Gasteiger partial charge in [-0.25, -0.2) is 40.3 Å². The van der Waals surface area contributed by atoms with Crippen molar-refractivity contribution < 1.29 is 40.4 Å². The SMILES string of the molecule is O=C(/N=C(\c1ccccc1)N1CCN(C(=O)C(=O)c2cn(C(=O)NS(=O)(=O)c3ccccc3)c3cccc(F)c23)CC1)NS(=O)(=O)c1ccccc1. The van der Waals surface area contributed by atoms with E-state index < -0.39 is 55.2 Å². The minimum absolute atomic E-state index is 0.0444. The van der Waals surface area contributed by atoms with Crippen molar-refractivity contribution in [1.29, 1.82) is 0 Å². The summed E-state index contributed by atoms with van der Waals surface area (Å²) >= 11 is 0. The van der Waals surface area contributed by atoms with E-state index in [2.05, 4.69) is 4.99 Å². The van der Waals surface area contributed by atoms with E-state index >= 15 is 4.39 Å². The largest absolute Gasteiger partial charge is 0.356 e. The maximum Gasteiger partial charge on any atom is 0.356 e. The number of aliphatic imine (C=N–C) groups is 1. The van der Waals surface area contributed by atoms with E-state index in [1.807, 2.05) is 9.44 Å². The van der Waals surface area contributed by atoms with Gasteiger partial charge in [0, 0.05) is 43.3 Å². The number of carbonyl (C=O) groups is 4. The third-order valence-electron chi connectivity index (χ3n) is 8.09. The molecule has 4 aromatic carbocycles. The van der Waals surface area contributed by atoms with Crippen LogP contribution in [0, 0.1) is 5.82 Å². The van der Waals surface area contributed by atoms with Crippen LogP contribution in [-0.4, -0.2) is 87.0 Å². The Morgan fingerprint density at radius 3 is 1.73 bits per heavy atom. The number of Topliss-reactive ketones (excluding diaryl/α,β-unsaturated/α-hetero) is 1. The third-order valence-corrected chi connectivity index (χ3v) is 10.8. The minimum atomic E-state index is -4.34. The Hall–Kier alpha value is -6.20. The molecule has 2 N–H and O–H groups in total. The summed E-state index contributed by atoms with van der Waals surface area (Å²) in [6.07, 6.45) is 0.919. The zero-order chi connectivity index (χ0) is 37.0. The van der Waals surface area contributed by atoms with Crippen molar-refractivity contribution in [1.82, 2.24) is 23.8 Å². The van der Waals surface area contributed by atoms with Crippen LogP contribution in [0.3, 0.4) is 0 Å². The van der Waals surface area contributed by atoms with Crippen molar-refractivity contribution in [3.05, 3.63) is 132 Å². The number of nitrogens with one attached hydrogen (secondary N) is 2. The number of sulfonamides is 2. The first kappa shape index (κ1) is 35.6. The number of aromatic nitrogens is 1. The Morgan fingerprint density at radius 2 is 1.15 bits per heavy atom. The number of fused-ring (bicyclic) bond motifs is 1. The van der Waals surface area contributed by atoms with Crippen LogP contribution >= 0.6 is 0 Å². The molecular weight excluding hydrogens is 716 g/mol. The second kappa shape index (κ2) is 14.6. The number of rotatable bonds is 7. The molecule has 266 valence electrons.